The summed E-state index contributed by atoms with van der Waals surface area (Å²) in [6.45, 7) is 2.82. The molecule has 2 aromatic heterocycles. The summed E-state index contributed by atoms with van der Waals surface area (Å²) in [5.41, 5.74) is 2.50. The smallest absolute Gasteiger partial charge is 0.244 e. The number of rotatable bonds is 5. The summed E-state index contributed by atoms with van der Waals surface area (Å²) in [6, 6.07) is 12.9. The Labute approximate surface area is 170 Å². The van der Waals surface area contributed by atoms with Crippen LogP contribution in [0.2, 0.25) is 5.02 Å². The summed E-state index contributed by atoms with van der Waals surface area (Å²) in [4.78, 5) is 12.6. The van der Waals surface area contributed by atoms with E-state index in [0.29, 0.717) is 21.3 Å². The minimum absolute atomic E-state index is 0.0400. The van der Waals surface area contributed by atoms with Crippen LogP contribution in [0.15, 0.2) is 48.7 Å². The summed E-state index contributed by atoms with van der Waals surface area (Å²) in [7, 11) is 0. The number of fused-ring (bicyclic) bond motifs is 1. The van der Waals surface area contributed by atoms with Crippen molar-refractivity contribution >= 4 is 46.3 Å². The highest BCUT2D eigenvalue weighted by Crippen LogP contribution is 2.21. The Morgan fingerprint density at radius 3 is 2.79 bits per heavy atom. The predicted molar refractivity (Wildman–Crippen MR) is 112 cm³/mol. The quantitative estimate of drug-likeness (QED) is 0.480. The molecule has 1 amide bonds. The van der Waals surface area contributed by atoms with Crippen LogP contribution in [-0.4, -0.2) is 30.5 Å². The number of carbonyl (C=O) groups excluding carboxylic acids is 1. The minimum atomic E-state index is -0.199. The number of aromatic nitrogens is 5. The number of amides is 1. The molecule has 4 aromatic rings. The van der Waals surface area contributed by atoms with Crippen LogP contribution in [0.1, 0.15) is 6.92 Å². The van der Waals surface area contributed by atoms with Crippen LogP contribution in [0, 0.1) is 4.77 Å². The third-order valence-electron chi connectivity index (χ3n) is 4.39. The van der Waals surface area contributed by atoms with E-state index >= 15 is 0 Å². The van der Waals surface area contributed by atoms with Gasteiger partial charge in [0, 0.05) is 28.2 Å². The van der Waals surface area contributed by atoms with Crippen LogP contribution in [-0.2, 0) is 17.9 Å². The molecule has 7 nitrogen and oxygen atoms in total. The Hall–Kier alpha value is -2.97. The van der Waals surface area contributed by atoms with Gasteiger partial charge in [0.2, 0.25) is 5.91 Å². The average Bonchev–Trinajstić information content (AvgIpc) is 3.26. The van der Waals surface area contributed by atoms with Crippen molar-refractivity contribution in [2.75, 3.05) is 5.32 Å². The summed E-state index contributed by atoms with van der Waals surface area (Å²) in [5, 5.41) is 15.9. The zero-order valence-electron chi connectivity index (χ0n) is 15.0. The maximum Gasteiger partial charge on any atom is 0.244 e. The maximum absolute atomic E-state index is 12.6. The molecule has 0 radical (unpaired) electrons. The normalized spacial score (nSPS) is 11.1. The Morgan fingerprint density at radius 1 is 1.25 bits per heavy atom. The number of aromatic amines is 1. The number of carbonyl (C=O) groups is 1. The third kappa shape index (κ3) is 3.56. The van der Waals surface area contributed by atoms with Gasteiger partial charge >= 0.3 is 0 Å². The molecule has 0 spiro atoms. The first kappa shape index (κ1) is 18.4. The van der Waals surface area contributed by atoms with Gasteiger partial charge in [-0.1, -0.05) is 11.6 Å². The Balaban J connectivity index is 1.57. The molecular weight excluding hydrogens is 396 g/mol. The lowest BCUT2D eigenvalue weighted by Crippen LogP contribution is -2.19. The van der Waals surface area contributed by atoms with Gasteiger partial charge in [0.25, 0.3) is 0 Å². The van der Waals surface area contributed by atoms with Crippen molar-refractivity contribution < 1.29 is 4.79 Å². The number of nitrogens with one attached hydrogen (secondary N) is 2. The molecule has 0 aliphatic carbocycles. The third-order valence-corrected chi connectivity index (χ3v) is 4.95. The van der Waals surface area contributed by atoms with E-state index in [1.807, 2.05) is 48.1 Å². The first-order valence-electron chi connectivity index (χ1n) is 8.71. The number of halogens is 1. The SMILES string of the molecule is CCn1ncc2ccc(NC(=O)Cn3c(-c4ccc(Cl)cc4)n[nH]c3=S)cc21. The van der Waals surface area contributed by atoms with Gasteiger partial charge in [-0.15, -0.1) is 0 Å². The number of anilines is 1. The molecule has 0 bridgehead atoms. The lowest BCUT2D eigenvalue weighted by Gasteiger charge is -2.09. The van der Waals surface area contributed by atoms with Gasteiger partial charge in [-0.2, -0.15) is 10.2 Å². The number of aryl methyl sites for hydroxylation is 1. The van der Waals surface area contributed by atoms with Crippen LogP contribution in [0.3, 0.4) is 0 Å². The molecular formula is C19H17ClN6OS. The van der Waals surface area contributed by atoms with E-state index in [4.69, 9.17) is 23.8 Å². The fraction of sp³-hybridized carbons (Fsp3) is 0.158. The van der Waals surface area contributed by atoms with Crippen molar-refractivity contribution in [3.8, 4) is 11.4 Å². The fourth-order valence-electron chi connectivity index (χ4n) is 3.03. The van der Waals surface area contributed by atoms with Gasteiger partial charge in [-0.25, -0.2) is 0 Å². The molecule has 0 atom stereocenters. The molecule has 2 aromatic carbocycles. The second-order valence-corrected chi connectivity index (χ2v) is 7.05. The molecule has 0 saturated carbocycles. The van der Waals surface area contributed by atoms with Gasteiger partial charge in [0.1, 0.15) is 6.54 Å². The summed E-state index contributed by atoms with van der Waals surface area (Å²) in [6.07, 6.45) is 1.81. The van der Waals surface area contributed by atoms with Crippen LogP contribution in [0.4, 0.5) is 5.69 Å². The molecule has 2 N–H and O–H groups in total. The van der Waals surface area contributed by atoms with Gasteiger partial charge in [-0.3, -0.25) is 19.1 Å². The van der Waals surface area contributed by atoms with Crippen molar-refractivity contribution in [2.45, 2.75) is 20.0 Å². The first-order chi connectivity index (χ1) is 13.5. The monoisotopic (exact) mass is 412 g/mol. The van der Waals surface area contributed by atoms with E-state index in [-0.39, 0.29) is 12.5 Å². The standard InChI is InChI=1S/C19H17ClN6OS/c1-2-26-16-9-15(8-5-13(16)10-21-26)22-17(27)11-25-18(23-24-19(25)28)12-3-6-14(20)7-4-12/h3-10H,2,11H2,1H3,(H,22,27)(H,24,28). The number of benzene rings is 2. The molecule has 0 unspecified atom stereocenters. The van der Waals surface area contributed by atoms with Crippen LogP contribution in [0.25, 0.3) is 22.3 Å². The minimum Gasteiger partial charge on any atom is -0.324 e. The molecule has 4 rings (SSSR count). The van der Waals surface area contributed by atoms with Gasteiger partial charge in [0.15, 0.2) is 10.6 Å². The maximum atomic E-state index is 12.6. The second-order valence-electron chi connectivity index (χ2n) is 6.23. The number of hydrogen-bond acceptors (Lipinski definition) is 4. The zero-order valence-corrected chi connectivity index (χ0v) is 16.6. The molecule has 0 saturated heterocycles. The average molecular weight is 413 g/mol. The zero-order chi connectivity index (χ0) is 19.7. The Morgan fingerprint density at radius 2 is 2.04 bits per heavy atom. The lowest BCUT2D eigenvalue weighted by molar-refractivity contribution is -0.116. The van der Waals surface area contributed by atoms with E-state index < -0.39 is 0 Å². The topological polar surface area (TPSA) is 80.5 Å². The highest BCUT2D eigenvalue weighted by molar-refractivity contribution is 7.71. The molecule has 0 aliphatic heterocycles. The van der Waals surface area contributed by atoms with Gasteiger partial charge in [0.05, 0.1) is 11.7 Å². The van der Waals surface area contributed by atoms with Crippen LogP contribution in [0.5, 0.6) is 0 Å². The highest BCUT2D eigenvalue weighted by atomic mass is 35.5. The van der Waals surface area contributed by atoms with E-state index in [1.165, 1.54) is 0 Å². The molecule has 9 heteroatoms. The Kier molecular flexibility index (Phi) is 4.97. The molecule has 2 heterocycles. The second kappa shape index (κ2) is 7.57. The van der Waals surface area contributed by atoms with Crippen molar-refractivity contribution in [3.05, 3.63) is 58.5 Å². The van der Waals surface area contributed by atoms with E-state index in [2.05, 4.69) is 20.6 Å². The van der Waals surface area contributed by atoms with Crippen LogP contribution >= 0.6 is 23.8 Å². The highest BCUT2D eigenvalue weighted by Gasteiger charge is 2.13. The van der Waals surface area contributed by atoms with Crippen molar-refractivity contribution in [1.82, 2.24) is 24.5 Å². The number of H-pyrrole nitrogens is 1. The number of nitrogens with zero attached hydrogens (tertiary/aromatic N) is 4. The van der Waals surface area contributed by atoms with Gasteiger partial charge in [-0.05, 0) is 61.6 Å². The molecule has 28 heavy (non-hydrogen) atoms. The molecule has 0 fully saturated rings. The van der Waals surface area contributed by atoms with E-state index in [1.54, 1.807) is 16.7 Å². The van der Waals surface area contributed by atoms with Crippen LogP contribution < -0.4 is 5.32 Å². The van der Waals surface area contributed by atoms with E-state index in [9.17, 15) is 4.79 Å². The Bertz CT molecular complexity index is 1210. The lowest BCUT2D eigenvalue weighted by atomic mass is 10.2. The fourth-order valence-corrected chi connectivity index (χ4v) is 3.35. The molecule has 142 valence electrons. The van der Waals surface area contributed by atoms with Crippen molar-refractivity contribution in [1.29, 1.82) is 0 Å². The summed E-state index contributed by atoms with van der Waals surface area (Å²) < 4.78 is 3.91. The molecule has 0 aliphatic rings. The largest absolute Gasteiger partial charge is 0.324 e. The van der Waals surface area contributed by atoms with Crippen molar-refractivity contribution in [2.24, 2.45) is 0 Å². The van der Waals surface area contributed by atoms with Crippen molar-refractivity contribution in [3.63, 3.8) is 0 Å². The van der Waals surface area contributed by atoms with Gasteiger partial charge < -0.3 is 5.32 Å². The first-order valence-corrected chi connectivity index (χ1v) is 9.50. The summed E-state index contributed by atoms with van der Waals surface area (Å²) >= 11 is 11.2. The summed E-state index contributed by atoms with van der Waals surface area (Å²) in [5.74, 6) is 0.381. The van der Waals surface area contributed by atoms with E-state index in [0.717, 1.165) is 23.0 Å². The predicted octanol–water partition coefficient (Wildman–Crippen LogP) is 4.27. The number of hydrogen-bond donors (Lipinski definition) is 2.